The molecule has 3 heterocycles. The fraction of sp³-hybridized carbons (Fsp3) is 0.375. The molecule has 1 amide bonds. The second kappa shape index (κ2) is 7.04. The number of anilines is 1. The number of hydrogen-bond donors (Lipinski definition) is 0. The van der Waals surface area contributed by atoms with Crippen LogP contribution in [0.5, 0.6) is 5.88 Å². The van der Waals surface area contributed by atoms with E-state index in [4.69, 9.17) is 4.74 Å². The molecule has 0 saturated carbocycles. The van der Waals surface area contributed by atoms with Crippen LogP contribution in [0, 0.1) is 6.92 Å². The largest absolute Gasteiger partial charge is 0.467 e. The van der Waals surface area contributed by atoms with Crippen LogP contribution >= 0.6 is 0 Å². The fourth-order valence-electron chi connectivity index (χ4n) is 2.46. The Balaban J connectivity index is 1.48. The van der Waals surface area contributed by atoms with Gasteiger partial charge in [0.1, 0.15) is 12.1 Å². The molecule has 1 fully saturated rings. The van der Waals surface area contributed by atoms with Crippen LogP contribution in [0.3, 0.4) is 0 Å². The topological polar surface area (TPSA) is 71.5 Å². The highest BCUT2D eigenvalue weighted by molar-refractivity contribution is 5.78. The summed E-state index contributed by atoms with van der Waals surface area (Å²) in [4.78, 5) is 28.5. The van der Waals surface area contributed by atoms with Crippen LogP contribution in [0.15, 0.2) is 36.8 Å². The van der Waals surface area contributed by atoms with Crippen molar-refractivity contribution in [1.82, 2.24) is 19.9 Å². The molecule has 0 radical (unpaired) electrons. The number of ether oxygens (including phenoxy) is 1. The number of nitrogens with zero attached hydrogens (tertiary/aromatic N) is 5. The van der Waals surface area contributed by atoms with Crippen molar-refractivity contribution in [3.63, 3.8) is 0 Å². The van der Waals surface area contributed by atoms with Crippen LogP contribution in [0.1, 0.15) is 5.69 Å². The number of pyridine rings is 1. The van der Waals surface area contributed by atoms with Gasteiger partial charge in [-0.05, 0) is 19.1 Å². The first-order valence-electron chi connectivity index (χ1n) is 7.57. The minimum absolute atomic E-state index is 0.0000400. The summed E-state index contributed by atoms with van der Waals surface area (Å²) in [5, 5.41) is 0. The molecule has 0 unspecified atom stereocenters. The highest BCUT2D eigenvalue weighted by atomic mass is 16.5. The van der Waals surface area contributed by atoms with Gasteiger partial charge in [0.05, 0.1) is 0 Å². The molecule has 7 nitrogen and oxygen atoms in total. The van der Waals surface area contributed by atoms with Gasteiger partial charge in [-0.2, -0.15) is 0 Å². The normalized spacial score (nSPS) is 14.7. The molecule has 0 aromatic carbocycles. The Morgan fingerprint density at radius 2 is 2.00 bits per heavy atom. The molecule has 2 aromatic rings. The molecular weight excluding hydrogens is 294 g/mol. The maximum absolute atomic E-state index is 12.2. The van der Waals surface area contributed by atoms with Crippen LogP contribution in [-0.4, -0.2) is 58.5 Å². The lowest BCUT2D eigenvalue weighted by molar-refractivity contribution is -0.133. The summed E-state index contributed by atoms with van der Waals surface area (Å²) in [6, 6.07) is 7.57. The number of aryl methyl sites for hydroxylation is 1. The van der Waals surface area contributed by atoms with Gasteiger partial charge in [0, 0.05) is 44.1 Å². The molecule has 1 aliphatic heterocycles. The second-order valence-electron chi connectivity index (χ2n) is 5.34. The Morgan fingerprint density at radius 3 is 2.70 bits per heavy atom. The summed E-state index contributed by atoms with van der Waals surface area (Å²) >= 11 is 0. The molecule has 7 heteroatoms. The van der Waals surface area contributed by atoms with Crippen molar-refractivity contribution in [2.75, 3.05) is 37.7 Å². The summed E-state index contributed by atoms with van der Waals surface area (Å²) in [5.74, 6) is 1.35. The molecule has 2 aromatic heterocycles. The highest BCUT2D eigenvalue weighted by Gasteiger charge is 2.22. The quantitative estimate of drug-likeness (QED) is 0.835. The van der Waals surface area contributed by atoms with E-state index in [0.717, 1.165) is 24.6 Å². The Hall–Kier alpha value is -2.70. The molecule has 0 aliphatic carbocycles. The average Bonchev–Trinajstić information content (AvgIpc) is 2.61. The number of hydrogen-bond acceptors (Lipinski definition) is 6. The Kier molecular flexibility index (Phi) is 4.65. The Labute approximate surface area is 134 Å². The van der Waals surface area contributed by atoms with E-state index in [9.17, 15) is 4.79 Å². The third-order valence-electron chi connectivity index (χ3n) is 3.73. The first-order valence-corrected chi connectivity index (χ1v) is 7.57. The molecule has 23 heavy (non-hydrogen) atoms. The predicted molar refractivity (Wildman–Crippen MR) is 85.3 cm³/mol. The van der Waals surface area contributed by atoms with Crippen molar-refractivity contribution in [2.45, 2.75) is 6.92 Å². The van der Waals surface area contributed by atoms with Gasteiger partial charge in [0.2, 0.25) is 5.88 Å². The number of aromatic nitrogens is 3. The van der Waals surface area contributed by atoms with E-state index < -0.39 is 0 Å². The standard InChI is InChI=1S/C16H19N5O2/c1-13-10-15(19-12-18-13)23-11-16(22)21-8-6-20(7-9-21)14-4-2-3-5-17-14/h2-5,10,12H,6-9,11H2,1H3. The number of carbonyl (C=O) groups excluding carboxylic acids is 1. The lowest BCUT2D eigenvalue weighted by Crippen LogP contribution is -2.50. The third-order valence-corrected chi connectivity index (χ3v) is 3.73. The Bertz CT molecular complexity index is 657. The van der Waals surface area contributed by atoms with E-state index in [1.807, 2.05) is 30.0 Å². The van der Waals surface area contributed by atoms with Crippen molar-refractivity contribution in [1.29, 1.82) is 0 Å². The lowest BCUT2D eigenvalue weighted by Gasteiger charge is -2.35. The van der Waals surface area contributed by atoms with E-state index in [1.165, 1.54) is 6.33 Å². The van der Waals surface area contributed by atoms with Crippen LogP contribution in [0.2, 0.25) is 0 Å². The molecule has 3 rings (SSSR count). The summed E-state index contributed by atoms with van der Waals surface area (Å²) in [6.07, 6.45) is 3.21. The summed E-state index contributed by atoms with van der Waals surface area (Å²) in [5.41, 5.74) is 0.812. The number of rotatable bonds is 4. The number of amides is 1. The first kappa shape index (κ1) is 15.2. The van der Waals surface area contributed by atoms with Crippen LogP contribution in [-0.2, 0) is 4.79 Å². The second-order valence-corrected chi connectivity index (χ2v) is 5.34. The van der Waals surface area contributed by atoms with E-state index >= 15 is 0 Å². The van der Waals surface area contributed by atoms with Crippen molar-refractivity contribution in [2.24, 2.45) is 0 Å². The number of carbonyl (C=O) groups is 1. The van der Waals surface area contributed by atoms with Gasteiger partial charge >= 0.3 is 0 Å². The average molecular weight is 313 g/mol. The van der Waals surface area contributed by atoms with Crippen molar-refractivity contribution < 1.29 is 9.53 Å². The van der Waals surface area contributed by atoms with Gasteiger partial charge in [-0.1, -0.05) is 6.07 Å². The monoisotopic (exact) mass is 313 g/mol. The smallest absolute Gasteiger partial charge is 0.260 e. The van der Waals surface area contributed by atoms with Crippen LogP contribution < -0.4 is 9.64 Å². The molecule has 0 atom stereocenters. The zero-order chi connectivity index (χ0) is 16.1. The predicted octanol–water partition coefficient (Wildman–Crippen LogP) is 0.908. The van der Waals surface area contributed by atoms with E-state index in [-0.39, 0.29) is 12.5 Å². The van der Waals surface area contributed by atoms with Gasteiger partial charge in [-0.3, -0.25) is 4.79 Å². The van der Waals surface area contributed by atoms with Gasteiger partial charge < -0.3 is 14.5 Å². The fourth-order valence-corrected chi connectivity index (χ4v) is 2.46. The van der Waals surface area contributed by atoms with E-state index in [2.05, 4.69) is 19.9 Å². The zero-order valence-corrected chi connectivity index (χ0v) is 13.1. The molecule has 0 N–H and O–H groups in total. The molecule has 0 bridgehead atoms. The molecular formula is C16H19N5O2. The summed E-state index contributed by atoms with van der Waals surface area (Å²) in [6.45, 7) is 4.74. The summed E-state index contributed by atoms with van der Waals surface area (Å²) in [7, 11) is 0. The zero-order valence-electron chi connectivity index (χ0n) is 13.1. The van der Waals surface area contributed by atoms with Gasteiger partial charge in [-0.25, -0.2) is 15.0 Å². The highest BCUT2D eigenvalue weighted by Crippen LogP contribution is 2.13. The minimum Gasteiger partial charge on any atom is -0.467 e. The Morgan fingerprint density at radius 1 is 1.17 bits per heavy atom. The van der Waals surface area contributed by atoms with Gasteiger partial charge in [0.15, 0.2) is 6.61 Å². The van der Waals surface area contributed by atoms with Crippen molar-refractivity contribution >= 4 is 11.7 Å². The molecule has 1 saturated heterocycles. The van der Waals surface area contributed by atoms with Crippen molar-refractivity contribution in [3.05, 3.63) is 42.5 Å². The molecule has 120 valence electrons. The van der Waals surface area contributed by atoms with Crippen LogP contribution in [0.25, 0.3) is 0 Å². The van der Waals surface area contributed by atoms with Crippen LogP contribution in [0.4, 0.5) is 5.82 Å². The first-order chi connectivity index (χ1) is 11.2. The van der Waals surface area contributed by atoms with Gasteiger partial charge in [0.25, 0.3) is 5.91 Å². The third kappa shape index (κ3) is 3.94. The maximum atomic E-state index is 12.2. The van der Waals surface area contributed by atoms with Gasteiger partial charge in [-0.15, -0.1) is 0 Å². The molecule has 0 spiro atoms. The molecule has 1 aliphatic rings. The van der Waals surface area contributed by atoms with Crippen molar-refractivity contribution in [3.8, 4) is 5.88 Å². The SMILES string of the molecule is Cc1cc(OCC(=O)N2CCN(c3ccccn3)CC2)ncn1. The van der Waals surface area contributed by atoms with E-state index in [0.29, 0.717) is 19.0 Å². The lowest BCUT2D eigenvalue weighted by atomic mass is 10.3. The summed E-state index contributed by atoms with van der Waals surface area (Å²) < 4.78 is 5.45. The maximum Gasteiger partial charge on any atom is 0.260 e. The van der Waals surface area contributed by atoms with E-state index in [1.54, 1.807) is 12.3 Å². The minimum atomic E-state index is -0.0260. The number of piperazine rings is 1.